The van der Waals surface area contributed by atoms with E-state index in [4.69, 9.17) is 4.74 Å². The number of rotatable bonds is 5. The van der Waals surface area contributed by atoms with E-state index < -0.39 is 11.6 Å². The minimum Gasteiger partial charge on any atom is -0.376 e. The van der Waals surface area contributed by atoms with E-state index in [1.165, 1.54) is 25.0 Å². The fourth-order valence-electron chi connectivity index (χ4n) is 3.49. The van der Waals surface area contributed by atoms with Crippen molar-refractivity contribution in [1.82, 2.24) is 5.32 Å². The molecule has 1 aromatic carbocycles. The van der Waals surface area contributed by atoms with Crippen LogP contribution < -0.4 is 5.32 Å². The van der Waals surface area contributed by atoms with E-state index in [1.807, 2.05) is 6.92 Å². The molecule has 2 nitrogen and oxygen atoms in total. The van der Waals surface area contributed by atoms with E-state index in [1.54, 1.807) is 7.11 Å². The molecule has 0 aliphatic heterocycles. The molecule has 118 valence electrons. The van der Waals surface area contributed by atoms with Crippen molar-refractivity contribution >= 4 is 0 Å². The molecule has 0 saturated heterocycles. The fourth-order valence-corrected chi connectivity index (χ4v) is 3.49. The second kappa shape index (κ2) is 7.32. The molecule has 21 heavy (non-hydrogen) atoms. The van der Waals surface area contributed by atoms with Crippen molar-refractivity contribution in [2.75, 3.05) is 13.7 Å². The highest BCUT2D eigenvalue weighted by Gasteiger charge is 2.40. The van der Waals surface area contributed by atoms with Crippen LogP contribution in [-0.4, -0.2) is 19.3 Å². The average Bonchev–Trinajstić information content (AvgIpc) is 2.70. The summed E-state index contributed by atoms with van der Waals surface area (Å²) in [5.41, 5.74) is 0.255. The molecule has 0 heterocycles. The maximum atomic E-state index is 13.6. The van der Waals surface area contributed by atoms with Gasteiger partial charge in [0.1, 0.15) is 11.6 Å². The Kier molecular flexibility index (Phi) is 5.71. The Labute approximate surface area is 125 Å². The Morgan fingerprint density at radius 2 is 1.67 bits per heavy atom. The second-order valence-corrected chi connectivity index (χ2v) is 5.88. The molecule has 1 atom stereocenters. The van der Waals surface area contributed by atoms with Gasteiger partial charge in [0, 0.05) is 13.2 Å². The number of nitrogens with one attached hydrogen (secondary N) is 1. The Morgan fingerprint density at radius 3 is 2.14 bits per heavy atom. The zero-order valence-corrected chi connectivity index (χ0v) is 12.9. The van der Waals surface area contributed by atoms with Crippen molar-refractivity contribution in [3.8, 4) is 0 Å². The first-order valence-corrected chi connectivity index (χ1v) is 7.86. The Bertz CT molecular complexity index is 436. The highest BCUT2D eigenvalue weighted by atomic mass is 19.1. The third-order valence-corrected chi connectivity index (χ3v) is 4.51. The predicted octanol–water partition coefficient (Wildman–Crippen LogP) is 4.35. The van der Waals surface area contributed by atoms with E-state index in [9.17, 15) is 8.78 Å². The van der Waals surface area contributed by atoms with Gasteiger partial charge in [-0.3, -0.25) is 0 Å². The molecule has 1 aromatic rings. The number of hydrogen-bond donors (Lipinski definition) is 1. The second-order valence-electron chi connectivity index (χ2n) is 5.88. The topological polar surface area (TPSA) is 21.3 Å². The Balaban J connectivity index is 2.39. The van der Waals surface area contributed by atoms with Crippen molar-refractivity contribution < 1.29 is 13.5 Å². The SMILES string of the molecule is CCNC(c1cc(F)cc(F)c1)C1(OC)CCCCCC1. The zero-order valence-electron chi connectivity index (χ0n) is 12.9. The number of likely N-dealkylation sites (N-methyl/N-ethyl adjacent to an activating group) is 1. The fraction of sp³-hybridized carbons (Fsp3) is 0.647. The molecule has 1 N–H and O–H groups in total. The standard InChI is InChI=1S/C17H25F2NO/c1-3-20-16(13-10-14(18)12-15(19)11-13)17(21-2)8-6-4-5-7-9-17/h10-12,16,20H,3-9H2,1-2H3. The largest absolute Gasteiger partial charge is 0.376 e. The molecule has 1 saturated carbocycles. The van der Waals surface area contributed by atoms with Crippen molar-refractivity contribution in [3.05, 3.63) is 35.4 Å². The monoisotopic (exact) mass is 297 g/mol. The highest BCUT2D eigenvalue weighted by Crippen LogP contribution is 2.40. The summed E-state index contributed by atoms with van der Waals surface area (Å²) in [6.07, 6.45) is 6.41. The van der Waals surface area contributed by atoms with Crippen molar-refractivity contribution in [2.24, 2.45) is 0 Å². The lowest BCUT2D eigenvalue weighted by molar-refractivity contribution is -0.0538. The first-order valence-electron chi connectivity index (χ1n) is 7.86. The van der Waals surface area contributed by atoms with Crippen LogP contribution in [0.5, 0.6) is 0 Å². The molecule has 2 rings (SSSR count). The quantitative estimate of drug-likeness (QED) is 0.816. The first-order chi connectivity index (χ1) is 10.1. The molecular formula is C17H25F2NO. The van der Waals surface area contributed by atoms with Gasteiger partial charge in [-0.2, -0.15) is 0 Å². The van der Waals surface area contributed by atoms with Gasteiger partial charge >= 0.3 is 0 Å². The van der Waals surface area contributed by atoms with E-state index in [-0.39, 0.29) is 11.6 Å². The summed E-state index contributed by atoms with van der Waals surface area (Å²) >= 11 is 0. The van der Waals surface area contributed by atoms with Gasteiger partial charge in [0.25, 0.3) is 0 Å². The number of ether oxygens (including phenoxy) is 1. The minimum absolute atomic E-state index is 0.184. The van der Waals surface area contributed by atoms with Crippen LogP contribution in [0, 0.1) is 11.6 Å². The van der Waals surface area contributed by atoms with Gasteiger partial charge in [0.2, 0.25) is 0 Å². The molecule has 0 radical (unpaired) electrons. The highest BCUT2D eigenvalue weighted by molar-refractivity contribution is 5.25. The zero-order chi connectivity index (χ0) is 15.3. The molecule has 0 bridgehead atoms. The smallest absolute Gasteiger partial charge is 0.126 e. The maximum Gasteiger partial charge on any atom is 0.126 e. The van der Waals surface area contributed by atoms with Crippen LogP contribution >= 0.6 is 0 Å². The van der Waals surface area contributed by atoms with Crippen LogP contribution in [0.3, 0.4) is 0 Å². The van der Waals surface area contributed by atoms with Gasteiger partial charge in [-0.05, 0) is 37.1 Å². The molecule has 0 amide bonds. The van der Waals surface area contributed by atoms with Gasteiger partial charge in [-0.25, -0.2) is 8.78 Å². The number of halogens is 2. The molecular weight excluding hydrogens is 272 g/mol. The first kappa shape index (κ1) is 16.4. The molecule has 1 aliphatic carbocycles. The molecule has 1 unspecified atom stereocenters. The van der Waals surface area contributed by atoms with Gasteiger partial charge < -0.3 is 10.1 Å². The number of methoxy groups -OCH3 is 1. The lowest BCUT2D eigenvalue weighted by atomic mass is 9.82. The van der Waals surface area contributed by atoms with Crippen LogP contribution in [0.1, 0.15) is 57.1 Å². The molecule has 1 fully saturated rings. The van der Waals surface area contributed by atoms with Crippen molar-refractivity contribution in [3.63, 3.8) is 0 Å². The van der Waals surface area contributed by atoms with Gasteiger partial charge in [0.15, 0.2) is 0 Å². The number of benzene rings is 1. The van der Waals surface area contributed by atoms with Gasteiger partial charge in [-0.1, -0.05) is 32.6 Å². The van der Waals surface area contributed by atoms with Gasteiger partial charge in [-0.15, -0.1) is 0 Å². The summed E-state index contributed by atoms with van der Waals surface area (Å²) in [5.74, 6) is -1.07. The molecule has 0 aromatic heterocycles. The summed E-state index contributed by atoms with van der Waals surface area (Å²) in [6.45, 7) is 2.73. The summed E-state index contributed by atoms with van der Waals surface area (Å²) in [6, 6.07) is 3.57. The average molecular weight is 297 g/mol. The summed E-state index contributed by atoms with van der Waals surface area (Å²) in [5, 5.41) is 3.38. The van der Waals surface area contributed by atoms with E-state index >= 15 is 0 Å². The van der Waals surface area contributed by atoms with Crippen molar-refractivity contribution in [1.29, 1.82) is 0 Å². The normalized spacial score (nSPS) is 20.0. The van der Waals surface area contributed by atoms with Crippen LogP contribution in [0.2, 0.25) is 0 Å². The molecule has 0 spiro atoms. The Morgan fingerprint density at radius 1 is 1.10 bits per heavy atom. The van der Waals surface area contributed by atoms with Gasteiger partial charge in [0.05, 0.1) is 11.6 Å². The van der Waals surface area contributed by atoms with Crippen molar-refractivity contribution in [2.45, 2.75) is 57.1 Å². The third kappa shape index (κ3) is 3.80. The summed E-state index contributed by atoms with van der Waals surface area (Å²) < 4.78 is 33.1. The number of hydrogen-bond acceptors (Lipinski definition) is 2. The summed E-state index contributed by atoms with van der Waals surface area (Å²) in [7, 11) is 1.71. The minimum atomic E-state index is -0.534. The lowest BCUT2D eigenvalue weighted by Gasteiger charge is -2.40. The predicted molar refractivity (Wildman–Crippen MR) is 80.2 cm³/mol. The molecule has 1 aliphatic rings. The Hall–Kier alpha value is -1.00. The lowest BCUT2D eigenvalue weighted by Crippen LogP contribution is -2.45. The maximum absolute atomic E-state index is 13.6. The van der Waals surface area contributed by atoms with Crippen LogP contribution in [-0.2, 0) is 4.74 Å². The third-order valence-electron chi connectivity index (χ3n) is 4.51. The van der Waals surface area contributed by atoms with E-state index in [2.05, 4.69) is 5.32 Å². The van der Waals surface area contributed by atoms with Crippen LogP contribution in [0.15, 0.2) is 18.2 Å². The van der Waals surface area contributed by atoms with E-state index in [0.717, 1.165) is 38.3 Å². The van der Waals surface area contributed by atoms with Crippen LogP contribution in [0.25, 0.3) is 0 Å². The van der Waals surface area contributed by atoms with Crippen LogP contribution in [0.4, 0.5) is 8.78 Å². The summed E-state index contributed by atoms with van der Waals surface area (Å²) in [4.78, 5) is 0. The molecule has 4 heteroatoms. The van der Waals surface area contributed by atoms with E-state index in [0.29, 0.717) is 5.56 Å².